The highest BCUT2D eigenvalue weighted by Gasteiger charge is 2.20. The van der Waals surface area contributed by atoms with Crippen molar-refractivity contribution in [1.82, 2.24) is 0 Å². The third kappa shape index (κ3) is 2.94. The Kier molecular flexibility index (Phi) is 4.09. The molecule has 0 aliphatic rings. The normalized spacial score (nSPS) is 11.9. The van der Waals surface area contributed by atoms with Gasteiger partial charge >= 0.3 is 5.97 Å². The quantitative estimate of drug-likeness (QED) is 0.718. The fourth-order valence-electron chi connectivity index (χ4n) is 1.15. The molecule has 0 fully saturated rings. The topological polar surface area (TPSA) is 35.5 Å². The predicted octanol–water partition coefficient (Wildman–Crippen LogP) is 2.27. The van der Waals surface area contributed by atoms with Crippen LogP contribution in [0.25, 0.3) is 0 Å². The molecule has 0 radical (unpaired) electrons. The maximum absolute atomic E-state index is 13.5. The summed E-state index contributed by atoms with van der Waals surface area (Å²) in [6, 6.07) is 6.30. The van der Waals surface area contributed by atoms with E-state index in [-0.39, 0.29) is 12.2 Å². The maximum atomic E-state index is 13.5. The average molecular weight is 212 g/mol. The van der Waals surface area contributed by atoms with Crippen molar-refractivity contribution in [3.05, 3.63) is 29.8 Å². The fraction of sp³-hybridized carbons (Fsp3) is 0.364. The van der Waals surface area contributed by atoms with Crippen LogP contribution in [0, 0.1) is 0 Å². The second-order valence-corrected chi connectivity index (χ2v) is 2.89. The average Bonchev–Trinajstić information content (AvgIpc) is 2.28. The first-order valence-corrected chi connectivity index (χ1v) is 4.63. The Morgan fingerprint density at radius 1 is 1.53 bits per heavy atom. The monoisotopic (exact) mass is 212 g/mol. The fourth-order valence-corrected chi connectivity index (χ4v) is 1.15. The van der Waals surface area contributed by atoms with E-state index in [0.29, 0.717) is 5.75 Å². The van der Waals surface area contributed by atoms with Gasteiger partial charge in [0.1, 0.15) is 5.75 Å². The molecule has 0 heterocycles. The molecule has 1 atom stereocenters. The van der Waals surface area contributed by atoms with Gasteiger partial charge in [0.2, 0.25) is 6.17 Å². The number of rotatable bonds is 4. The van der Waals surface area contributed by atoms with Gasteiger partial charge in [-0.3, -0.25) is 0 Å². The minimum Gasteiger partial charge on any atom is -0.497 e. The Balaban J connectivity index is 2.81. The van der Waals surface area contributed by atoms with Crippen LogP contribution in [0.15, 0.2) is 24.3 Å². The van der Waals surface area contributed by atoms with Gasteiger partial charge in [0.25, 0.3) is 0 Å². The predicted molar refractivity (Wildman–Crippen MR) is 53.5 cm³/mol. The molecule has 1 unspecified atom stereocenters. The van der Waals surface area contributed by atoms with Gasteiger partial charge in [0.05, 0.1) is 13.7 Å². The molecule has 0 saturated carbocycles. The van der Waals surface area contributed by atoms with Gasteiger partial charge in [-0.15, -0.1) is 0 Å². The molecule has 82 valence electrons. The zero-order valence-corrected chi connectivity index (χ0v) is 8.70. The van der Waals surface area contributed by atoms with Gasteiger partial charge in [-0.25, -0.2) is 9.18 Å². The molecule has 0 aliphatic carbocycles. The van der Waals surface area contributed by atoms with E-state index in [0.717, 1.165) is 0 Å². The Hall–Kier alpha value is -1.58. The molecule has 4 heteroatoms. The number of benzene rings is 1. The molecule has 0 saturated heterocycles. The summed E-state index contributed by atoms with van der Waals surface area (Å²) >= 11 is 0. The third-order valence-electron chi connectivity index (χ3n) is 1.88. The Morgan fingerprint density at radius 3 is 2.87 bits per heavy atom. The summed E-state index contributed by atoms with van der Waals surface area (Å²) < 4.78 is 23.0. The number of carbonyl (C=O) groups excluding carboxylic acids is 1. The van der Waals surface area contributed by atoms with Crippen LogP contribution in [0.4, 0.5) is 4.39 Å². The van der Waals surface area contributed by atoms with Gasteiger partial charge in [-0.1, -0.05) is 12.1 Å². The number of esters is 1. The summed E-state index contributed by atoms with van der Waals surface area (Å²) in [6.07, 6.45) is -1.75. The maximum Gasteiger partial charge on any atom is 0.345 e. The number of hydrogen-bond donors (Lipinski definition) is 0. The molecule has 0 spiro atoms. The van der Waals surface area contributed by atoms with Crippen LogP contribution in [0.3, 0.4) is 0 Å². The number of alkyl halides is 1. The minimum absolute atomic E-state index is 0.170. The first kappa shape index (κ1) is 11.5. The summed E-state index contributed by atoms with van der Waals surface area (Å²) in [5, 5.41) is 0. The highest BCUT2D eigenvalue weighted by molar-refractivity contribution is 5.76. The largest absolute Gasteiger partial charge is 0.497 e. The molecule has 0 aliphatic heterocycles. The van der Waals surface area contributed by atoms with E-state index < -0.39 is 12.1 Å². The zero-order chi connectivity index (χ0) is 11.3. The van der Waals surface area contributed by atoms with Crippen LogP contribution in [0.1, 0.15) is 18.7 Å². The molecular weight excluding hydrogens is 199 g/mol. The van der Waals surface area contributed by atoms with Gasteiger partial charge in [0.15, 0.2) is 0 Å². The minimum atomic E-state index is -1.75. The van der Waals surface area contributed by atoms with Crippen LogP contribution in [0.5, 0.6) is 5.75 Å². The van der Waals surface area contributed by atoms with Gasteiger partial charge < -0.3 is 9.47 Å². The van der Waals surface area contributed by atoms with Gasteiger partial charge in [-0.05, 0) is 19.1 Å². The van der Waals surface area contributed by atoms with Crippen molar-refractivity contribution >= 4 is 5.97 Å². The van der Waals surface area contributed by atoms with Crippen LogP contribution in [0.2, 0.25) is 0 Å². The molecule has 1 aromatic rings. The smallest absolute Gasteiger partial charge is 0.345 e. The van der Waals surface area contributed by atoms with Crippen molar-refractivity contribution in [2.75, 3.05) is 13.7 Å². The van der Waals surface area contributed by atoms with E-state index in [1.165, 1.54) is 19.2 Å². The van der Waals surface area contributed by atoms with Crippen LogP contribution >= 0.6 is 0 Å². The number of ether oxygens (including phenoxy) is 2. The number of halogens is 1. The second kappa shape index (κ2) is 5.34. The Morgan fingerprint density at radius 2 is 2.27 bits per heavy atom. The lowest BCUT2D eigenvalue weighted by Gasteiger charge is -2.08. The standard InChI is InChI=1S/C11H13FO3/c1-3-15-11(13)10(12)8-5-4-6-9(7-8)14-2/h4-7,10H,3H2,1-2H3. The van der Waals surface area contributed by atoms with Crippen molar-refractivity contribution in [2.24, 2.45) is 0 Å². The van der Waals surface area contributed by atoms with E-state index in [2.05, 4.69) is 4.74 Å². The van der Waals surface area contributed by atoms with E-state index >= 15 is 0 Å². The van der Waals surface area contributed by atoms with Crippen molar-refractivity contribution in [2.45, 2.75) is 13.1 Å². The summed E-state index contributed by atoms with van der Waals surface area (Å²) in [6.45, 7) is 1.80. The van der Waals surface area contributed by atoms with Crippen molar-refractivity contribution < 1.29 is 18.7 Å². The summed E-state index contributed by atoms with van der Waals surface area (Å²) in [7, 11) is 1.48. The summed E-state index contributed by atoms with van der Waals surface area (Å²) in [5.41, 5.74) is 0.243. The lowest BCUT2D eigenvalue weighted by molar-refractivity contribution is -0.149. The van der Waals surface area contributed by atoms with Crippen molar-refractivity contribution in [3.63, 3.8) is 0 Å². The van der Waals surface area contributed by atoms with Crippen molar-refractivity contribution in [1.29, 1.82) is 0 Å². The molecule has 0 N–H and O–H groups in total. The van der Waals surface area contributed by atoms with Gasteiger partial charge in [0, 0.05) is 5.56 Å². The van der Waals surface area contributed by atoms with Crippen molar-refractivity contribution in [3.8, 4) is 5.75 Å². The molecule has 1 rings (SSSR count). The first-order valence-electron chi connectivity index (χ1n) is 4.63. The Bertz CT molecular complexity index is 338. The molecule has 0 bridgehead atoms. The van der Waals surface area contributed by atoms with E-state index in [1.54, 1.807) is 19.1 Å². The van der Waals surface area contributed by atoms with E-state index in [1.807, 2.05) is 0 Å². The zero-order valence-electron chi connectivity index (χ0n) is 8.70. The third-order valence-corrected chi connectivity index (χ3v) is 1.88. The van der Waals surface area contributed by atoms with Gasteiger partial charge in [-0.2, -0.15) is 0 Å². The Labute approximate surface area is 87.8 Å². The number of carbonyl (C=O) groups is 1. The number of methoxy groups -OCH3 is 1. The van der Waals surface area contributed by atoms with E-state index in [4.69, 9.17) is 4.74 Å². The molecule has 0 amide bonds. The lowest BCUT2D eigenvalue weighted by atomic mass is 10.1. The van der Waals surface area contributed by atoms with Crippen LogP contribution in [-0.2, 0) is 9.53 Å². The highest BCUT2D eigenvalue weighted by Crippen LogP contribution is 2.22. The second-order valence-electron chi connectivity index (χ2n) is 2.89. The molecular formula is C11H13FO3. The van der Waals surface area contributed by atoms with Crippen LogP contribution in [-0.4, -0.2) is 19.7 Å². The molecule has 15 heavy (non-hydrogen) atoms. The number of hydrogen-bond acceptors (Lipinski definition) is 3. The summed E-state index contributed by atoms with van der Waals surface area (Å²) in [4.78, 5) is 11.1. The van der Waals surface area contributed by atoms with Crippen LogP contribution < -0.4 is 4.74 Å². The molecule has 3 nitrogen and oxygen atoms in total. The summed E-state index contributed by atoms with van der Waals surface area (Å²) in [5.74, 6) is -0.356. The van der Waals surface area contributed by atoms with E-state index in [9.17, 15) is 9.18 Å². The molecule has 1 aromatic carbocycles. The SMILES string of the molecule is CCOC(=O)C(F)c1cccc(OC)c1. The molecule has 0 aromatic heterocycles. The highest BCUT2D eigenvalue weighted by atomic mass is 19.1. The first-order chi connectivity index (χ1) is 7.19. The lowest BCUT2D eigenvalue weighted by Crippen LogP contribution is -2.11.